The summed E-state index contributed by atoms with van der Waals surface area (Å²) in [6, 6.07) is 5.94. The minimum Gasteiger partial charge on any atom is -0.462 e. The van der Waals surface area contributed by atoms with Crippen LogP contribution in [0, 0.1) is 0 Å². The number of rotatable bonds is 4. The summed E-state index contributed by atoms with van der Waals surface area (Å²) in [5.41, 5.74) is 0.767. The Morgan fingerprint density at radius 1 is 1.41 bits per heavy atom. The molecule has 0 saturated carbocycles. The fourth-order valence-corrected chi connectivity index (χ4v) is 1.22. The van der Waals surface area contributed by atoms with Gasteiger partial charge in [0.05, 0.1) is 12.2 Å². The molecule has 0 amide bonds. The lowest BCUT2D eigenvalue weighted by molar-refractivity contribution is 0.0526. The molecule has 0 bridgehead atoms. The van der Waals surface area contributed by atoms with E-state index < -0.39 is 17.4 Å². The molecule has 0 radical (unpaired) electrons. The second-order valence-electron chi connectivity index (χ2n) is 3.09. The fraction of sp³-hybridized carbons (Fsp3) is 0.273. The van der Waals surface area contributed by atoms with Gasteiger partial charge in [0.1, 0.15) is 4.99 Å². The minimum atomic E-state index is -2.70. The summed E-state index contributed by atoms with van der Waals surface area (Å²) >= 11 is 4.43. The molecule has 0 atom stereocenters. The largest absolute Gasteiger partial charge is 0.462 e. The maximum atomic E-state index is 12.1. The number of hydrogen-bond acceptors (Lipinski definition) is 3. The first-order chi connectivity index (χ1) is 8.04. The molecular formula is C11H11F2NO2S. The van der Waals surface area contributed by atoms with Crippen molar-refractivity contribution in [3.8, 4) is 0 Å². The van der Waals surface area contributed by atoms with Gasteiger partial charge >= 0.3 is 5.97 Å². The van der Waals surface area contributed by atoms with Crippen LogP contribution >= 0.6 is 12.2 Å². The molecule has 0 aliphatic heterocycles. The Hall–Kier alpha value is -1.56. The van der Waals surface area contributed by atoms with Crippen LogP contribution in [0.25, 0.3) is 0 Å². The van der Waals surface area contributed by atoms with Gasteiger partial charge in [-0.25, -0.2) is 13.6 Å². The zero-order chi connectivity index (χ0) is 12.8. The van der Waals surface area contributed by atoms with Gasteiger partial charge < -0.3 is 10.1 Å². The molecular weight excluding hydrogens is 248 g/mol. The van der Waals surface area contributed by atoms with E-state index >= 15 is 0 Å². The van der Waals surface area contributed by atoms with Crippen LogP contribution in [0.2, 0.25) is 0 Å². The summed E-state index contributed by atoms with van der Waals surface area (Å²) in [7, 11) is 0. The molecule has 0 unspecified atom stereocenters. The highest BCUT2D eigenvalue weighted by Gasteiger charge is 2.11. The molecule has 0 aliphatic carbocycles. The summed E-state index contributed by atoms with van der Waals surface area (Å²) in [5.74, 6) is -0.449. The van der Waals surface area contributed by atoms with Crippen molar-refractivity contribution >= 4 is 28.9 Å². The number of thiocarbonyl (C=S) groups is 1. The Balaban J connectivity index is 2.68. The van der Waals surface area contributed by atoms with Crippen LogP contribution in [0.15, 0.2) is 24.3 Å². The van der Waals surface area contributed by atoms with Crippen molar-refractivity contribution in [3.63, 3.8) is 0 Å². The maximum Gasteiger partial charge on any atom is 0.338 e. The molecule has 0 aromatic heterocycles. The molecule has 0 fully saturated rings. The van der Waals surface area contributed by atoms with Crippen LogP contribution in [-0.2, 0) is 4.74 Å². The summed E-state index contributed by atoms with van der Waals surface area (Å²) in [5, 5.41) is 2.37. The third-order valence-corrected chi connectivity index (χ3v) is 2.14. The molecule has 0 heterocycles. The number of hydrogen-bond donors (Lipinski definition) is 1. The number of nitrogens with one attached hydrogen (secondary N) is 1. The Labute approximate surface area is 103 Å². The maximum absolute atomic E-state index is 12.1. The van der Waals surface area contributed by atoms with E-state index in [0.717, 1.165) is 0 Å². The van der Waals surface area contributed by atoms with Crippen molar-refractivity contribution in [2.75, 3.05) is 11.9 Å². The van der Waals surface area contributed by atoms with Crippen LogP contribution in [0.3, 0.4) is 0 Å². The lowest BCUT2D eigenvalue weighted by atomic mass is 10.2. The van der Waals surface area contributed by atoms with Gasteiger partial charge in [0.2, 0.25) is 0 Å². The van der Waals surface area contributed by atoms with Gasteiger partial charge in [-0.05, 0) is 31.2 Å². The molecule has 3 nitrogen and oxygen atoms in total. The van der Waals surface area contributed by atoms with E-state index in [0.29, 0.717) is 11.3 Å². The van der Waals surface area contributed by atoms with E-state index in [1.807, 2.05) is 0 Å². The standard InChI is InChI=1S/C11H11F2NO2S/c1-2-16-11(15)7-3-5-8(6-4-7)14-10(17)9(12)13/h3-6,9H,2H2,1H3,(H,14,17). The quantitative estimate of drug-likeness (QED) is 0.666. The Kier molecular flexibility index (Phi) is 4.96. The molecule has 0 saturated heterocycles. The summed E-state index contributed by atoms with van der Waals surface area (Å²) in [6.45, 7) is 1.99. The molecule has 1 rings (SSSR count). The third kappa shape index (κ3) is 4.07. The molecule has 1 N–H and O–H groups in total. The highest BCUT2D eigenvalue weighted by Crippen LogP contribution is 2.12. The summed E-state index contributed by atoms with van der Waals surface area (Å²) in [6.07, 6.45) is -2.70. The van der Waals surface area contributed by atoms with Gasteiger partial charge in [-0.3, -0.25) is 0 Å². The summed E-state index contributed by atoms with van der Waals surface area (Å²) < 4.78 is 29.1. The van der Waals surface area contributed by atoms with Crippen molar-refractivity contribution in [2.45, 2.75) is 13.3 Å². The summed E-state index contributed by atoms with van der Waals surface area (Å²) in [4.78, 5) is 10.8. The minimum absolute atomic E-state index is 0.286. The number of anilines is 1. The van der Waals surface area contributed by atoms with Gasteiger partial charge in [-0.1, -0.05) is 12.2 Å². The van der Waals surface area contributed by atoms with E-state index in [9.17, 15) is 13.6 Å². The molecule has 92 valence electrons. The zero-order valence-electron chi connectivity index (χ0n) is 9.07. The van der Waals surface area contributed by atoms with Crippen LogP contribution in [0.5, 0.6) is 0 Å². The van der Waals surface area contributed by atoms with Crippen molar-refractivity contribution in [1.82, 2.24) is 0 Å². The van der Waals surface area contributed by atoms with E-state index in [4.69, 9.17) is 4.74 Å². The molecule has 6 heteroatoms. The van der Waals surface area contributed by atoms with E-state index in [-0.39, 0.29) is 6.61 Å². The van der Waals surface area contributed by atoms with E-state index in [1.54, 1.807) is 6.92 Å². The lowest BCUT2D eigenvalue weighted by Crippen LogP contribution is -2.17. The number of ether oxygens (including phenoxy) is 1. The van der Waals surface area contributed by atoms with Crippen molar-refractivity contribution in [3.05, 3.63) is 29.8 Å². The zero-order valence-corrected chi connectivity index (χ0v) is 9.89. The van der Waals surface area contributed by atoms with Crippen LogP contribution in [0.4, 0.5) is 14.5 Å². The topological polar surface area (TPSA) is 38.3 Å². The van der Waals surface area contributed by atoms with Gasteiger partial charge in [0, 0.05) is 5.69 Å². The number of esters is 1. The molecule has 0 spiro atoms. The number of carbonyl (C=O) groups is 1. The number of benzene rings is 1. The molecule has 0 aliphatic rings. The number of alkyl halides is 2. The highest BCUT2D eigenvalue weighted by molar-refractivity contribution is 7.80. The molecule has 17 heavy (non-hydrogen) atoms. The van der Waals surface area contributed by atoms with Gasteiger partial charge in [-0.15, -0.1) is 0 Å². The van der Waals surface area contributed by atoms with Crippen LogP contribution < -0.4 is 5.32 Å². The Morgan fingerprint density at radius 2 is 2.00 bits per heavy atom. The fourth-order valence-electron chi connectivity index (χ4n) is 1.10. The predicted molar refractivity (Wildman–Crippen MR) is 64.6 cm³/mol. The first kappa shape index (κ1) is 13.5. The van der Waals surface area contributed by atoms with Gasteiger partial charge in [0.25, 0.3) is 6.43 Å². The second-order valence-corrected chi connectivity index (χ2v) is 3.53. The normalized spacial score (nSPS) is 10.1. The highest BCUT2D eigenvalue weighted by atomic mass is 32.1. The monoisotopic (exact) mass is 259 g/mol. The SMILES string of the molecule is CCOC(=O)c1ccc(NC(=S)C(F)F)cc1. The van der Waals surface area contributed by atoms with Crippen LogP contribution in [-0.4, -0.2) is 24.0 Å². The average molecular weight is 259 g/mol. The molecule has 1 aromatic carbocycles. The van der Waals surface area contributed by atoms with E-state index in [2.05, 4.69) is 17.5 Å². The number of carbonyl (C=O) groups excluding carboxylic acids is 1. The molecule has 1 aromatic rings. The predicted octanol–water partition coefficient (Wildman–Crippen LogP) is 2.87. The van der Waals surface area contributed by atoms with Crippen molar-refractivity contribution < 1.29 is 18.3 Å². The smallest absolute Gasteiger partial charge is 0.338 e. The third-order valence-electron chi connectivity index (χ3n) is 1.86. The Bertz CT molecular complexity index is 406. The van der Waals surface area contributed by atoms with Gasteiger partial charge in [-0.2, -0.15) is 0 Å². The average Bonchev–Trinajstić information content (AvgIpc) is 2.30. The second kappa shape index (κ2) is 6.24. The van der Waals surface area contributed by atoms with Crippen LogP contribution in [0.1, 0.15) is 17.3 Å². The number of halogens is 2. The lowest BCUT2D eigenvalue weighted by Gasteiger charge is -2.07. The first-order valence-electron chi connectivity index (χ1n) is 4.90. The van der Waals surface area contributed by atoms with Crippen molar-refractivity contribution in [1.29, 1.82) is 0 Å². The first-order valence-corrected chi connectivity index (χ1v) is 5.31. The van der Waals surface area contributed by atoms with Gasteiger partial charge in [0.15, 0.2) is 0 Å². The van der Waals surface area contributed by atoms with E-state index in [1.165, 1.54) is 24.3 Å². The Morgan fingerprint density at radius 3 is 2.47 bits per heavy atom. The van der Waals surface area contributed by atoms with Crippen molar-refractivity contribution in [2.24, 2.45) is 0 Å².